The molecule has 0 bridgehead atoms. The van der Waals surface area contributed by atoms with Crippen molar-refractivity contribution in [2.45, 2.75) is 26.3 Å². The van der Waals surface area contributed by atoms with Crippen molar-refractivity contribution in [2.75, 3.05) is 16.8 Å². The van der Waals surface area contributed by atoms with Gasteiger partial charge in [-0.1, -0.05) is 24.3 Å². The molecule has 9 heteroatoms. The van der Waals surface area contributed by atoms with E-state index in [1.165, 1.54) is 16.2 Å². The van der Waals surface area contributed by atoms with E-state index in [2.05, 4.69) is 15.6 Å². The second-order valence-electron chi connectivity index (χ2n) is 6.51. The Bertz CT molecular complexity index is 988. The Morgan fingerprint density at radius 2 is 1.83 bits per heavy atom. The van der Waals surface area contributed by atoms with Crippen LogP contribution in [0.4, 0.5) is 10.8 Å². The van der Waals surface area contributed by atoms with Gasteiger partial charge < -0.3 is 15.5 Å². The van der Waals surface area contributed by atoms with Gasteiger partial charge in [0.05, 0.1) is 6.54 Å². The number of hydrogen-bond donors (Lipinski definition) is 2. The van der Waals surface area contributed by atoms with E-state index in [1.807, 2.05) is 42.6 Å². The number of hydrogen-bond acceptors (Lipinski definition) is 6. The molecule has 7 nitrogen and oxygen atoms in total. The molecule has 156 valence electrons. The number of amides is 3. The fraction of sp³-hybridized carbons (Fsp3) is 0.238. The quantitative estimate of drug-likeness (QED) is 0.530. The largest absolute Gasteiger partial charge is 0.350 e. The molecule has 2 aromatic heterocycles. The van der Waals surface area contributed by atoms with E-state index in [4.69, 9.17) is 0 Å². The topological polar surface area (TPSA) is 91.4 Å². The van der Waals surface area contributed by atoms with E-state index < -0.39 is 0 Å². The molecule has 2 N–H and O–H groups in total. The van der Waals surface area contributed by atoms with Gasteiger partial charge >= 0.3 is 0 Å². The number of rotatable bonds is 9. The van der Waals surface area contributed by atoms with E-state index in [0.717, 1.165) is 10.4 Å². The highest BCUT2D eigenvalue weighted by Crippen LogP contribution is 2.21. The monoisotopic (exact) mass is 442 g/mol. The van der Waals surface area contributed by atoms with Crippen molar-refractivity contribution in [1.82, 2.24) is 10.3 Å². The summed E-state index contributed by atoms with van der Waals surface area (Å²) in [5.74, 6) is -0.831. The van der Waals surface area contributed by atoms with Crippen LogP contribution in [-0.4, -0.2) is 29.3 Å². The first-order chi connectivity index (χ1) is 14.5. The summed E-state index contributed by atoms with van der Waals surface area (Å²) in [7, 11) is 0. The second kappa shape index (κ2) is 10.7. The van der Waals surface area contributed by atoms with E-state index in [1.54, 1.807) is 29.0 Å². The van der Waals surface area contributed by atoms with E-state index in [0.29, 0.717) is 17.4 Å². The van der Waals surface area contributed by atoms with Crippen molar-refractivity contribution in [1.29, 1.82) is 0 Å². The minimum Gasteiger partial charge on any atom is -0.350 e. The molecule has 0 saturated heterocycles. The molecule has 0 unspecified atom stereocenters. The van der Waals surface area contributed by atoms with Crippen LogP contribution in [0.15, 0.2) is 53.4 Å². The van der Waals surface area contributed by atoms with Gasteiger partial charge in [-0.25, -0.2) is 4.98 Å². The fourth-order valence-corrected chi connectivity index (χ4v) is 3.98. The predicted molar refractivity (Wildman–Crippen MR) is 120 cm³/mol. The summed E-state index contributed by atoms with van der Waals surface area (Å²) >= 11 is 2.87. The number of nitrogens with zero attached hydrogens (tertiary/aromatic N) is 2. The van der Waals surface area contributed by atoms with Gasteiger partial charge in [-0.15, -0.1) is 22.7 Å². The van der Waals surface area contributed by atoms with Crippen LogP contribution in [-0.2, 0) is 20.9 Å². The lowest BCUT2D eigenvalue weighted by Crippen LogP contribution is -2.41. The first kappa shape index (κ1) is 21.7. The van der Waals surface area contributed by atoms with Gasteiger partial charge in [0.15, 0.2) is 5.13 Å². The second-order valence-corrected chi connectivity index (χ2v) is 8.43. The Hall–Kier alpha value is -3.04. The van der Waals surface area contributed by atoms with E-state index >= 15 is 0 Å². The molecule has 2 heterocycles. The summed E-state index contributed by atoms with van der Waals surface area (Å²) in [4.78, 5) is 44.0. The summed E-state index contributed by atoms with van der Waals surface area (Å²) in [6.45, 7) is 2.19. The molecule has 0 radical (unpaired) electrons. The number of carbonyl (C=O) groups excluding carboxylic acids is 3. The van der Waals surface area contributed by atoms with Gasteiger partial charge in [0.1, 0.15) is 6.54 Å². The van der Waals surface area contributed by atoms with Gasteiger partial charge in [0.25, 0.3) is 0 Å². The van der Waals surface area contributed by atoms with Crippen LogP contribution >= 0.6 is 22.7 Å². The number of aromatic nitrogens is 1. The summed E-state index contributed by atoms with van der Waals surface area (Å²) in [5, 5.41) is 9.71. The molecule has 0 aliphatic carbocycles. The summed E-state index contributed by atoms with van der Waals surface area (Å²) in [6, 6.07) is 11.2. The standard InChI is InChI=1S/C21H22N4O3S2/c1-15-5-2-3-7-17(15)25(14-19(27)23-13-16-6-4-11-29-16)20(28)9-8-18(26)24-21-22-10-12-30-21/h2-7,10-12H,8-9,13-14H2,1H3,(H,23,27)(H,22,24,26). The van der Waals surface area contributed by atoms with E-state index in [-0.39, 0.29) is 37.1 Å². The SMILES string of the molecule is Cc1ccccc1N(CC(=O)NCc1cccs1)C(=O)CCC(=O)Nc1nccs1. The summed E-state index contributed by atoms with van der Waals surface area (Å²) in [6.07, 6.45) is 1.60. The van der Waals surface area contributed by atoms with Crippen LogP contribution < -0.4 is 15.5 Å². The molecule has 3 rings (SSSR count). The third-order valence-corrected chi connectivity index (χ3v) is 5.86. The van der Waals surface area contributed by atoms with Crippen molar-refractivity contribution >= 4 is 51.2 Å². The van der Waals surface area contributed by atoms with Crippen LogP contribution in [0.25, 0.3) is 0 Å². The molecule has 0 saturated carbocycles. The van der Waals surface area contributed by atoms with Crippen molar-refractivity contribution in [3.05, 3.63) is 63.8 Å². The maximum Gasteiger partial charge on any atom is 0.240 e. The summed E-state index contributed by atoms with van der Waals surface area (Å²) in [5.41, 5.74) is 1.54. The fourth-order valence-electron chi connectivity index (χ4n) is 2.79. The number of benzene rings is 1. The first-order valence-corrected chi connectivity index (χ1v) is 11.1. The molecular formula is C21H22N4O3S2. The van der Waals surface area contributed by atoms with Gasteiger partial charge in [-0.05, 0) is 30.0 Å². The Morgan fingerprint density at radius 3 is 2.53 bits per heavy atom. The van der Waals surface area contributed by atoms with Crippen molar-refractivity contribution in [2.24, 2.45) is 0 Å². The molecule has 1 aromatic carbocycles. The Kier molecular flexibility index (Phi) is 7.69. The number of aryl methyl sites for hydroxylation is 1. The average Bonchev–Trinajstić information content (AvgIpc) is 3.43. The van der Waals surface area contributed by atoms with Crippen LogP contribution in [0.5, 0.6) is 0 Å². The third kappa shape index (κ3) is 6.23. The number of thiophene rings is 1. The molecule has 3 aromatic rings. The van der Waals surface area contributed by atoms with Gasteiger partial charge in [0, 0.05) is 35.0 Å². The zero-order valence-corrected chi connectivity index (χ0v) is 18.1. The van der Waals surface area contributed by atoms with Crippen LogP contribution in [0.3, 0.4) is 0 Å². The molecule has 0 spiro atoms. The highest BCUT2D eigenvalue weighted by Gasteiger charge is 2.21. The number of para-hydroxylation sites is 1. The number of thiazole rings is 1. The first-order valence-electron chi connectivity index (χ1n) is 9.37. The van der Waals surface area contributed by atoms with Gasteiger partial charge in [-0.3, -0.25) is 14.4 Å². The van der Waals surface area contributed by atoms with Gasteiger partial charge in [0.2, 0.25) is 17.7 Å². The van der Waals surface area contributed by atoms with E-state index in [9.17, 15) is 14.4 Å². The Morgan fingerprint density at radius 1 is 1.00 bits per heavy atom. The lowest BCUT2D eigenvalue weighted by Gasteiger charge is -2.24. The Labute approximate surface area is 182 Å². The molecule has 30 heavy (non-hydrogen) atoms. The van der Waals surface area contributed by atoms with Crippen LogP contribution in [0.2, 0.25) is 0 Å². The maximum absolute atomic E-state index is 12.9. The van der Waals surface area contributed by atoms with Crippen molar-refractivity contribution < 1.29 is 14.4 Å². The molecule has 0 fully saturated rings. The minimum atomic E-state index is -0.287. The predicted octanol–water partition coefficient (Wildman–Crippen LogP) is 3.58. The maximum atomic E-state index is 12.9. The smallest absolute Gasteiger partial charge is 0.240 e. The number of carbonyl (C=O) groups is 3. The van der Waals surface area contributed by atoms with Crippen molar-refractivity contribution in [3.8, 4) is 0 Å². The lowest BCUT2D eigenvalue weighted by atomic mass is 10.1. The minimum absolute atomic E-state index is 0.0102. The lowest BCUT2D eigenvalue weighted by molar-refractivity contribution is -0.125. The normalized spacial score (nSPS) is 10.4. The van der Waals surface area contributed by atoms with Crippen LogP contribution in [0.1, 0.15) is 23.3 Å². The van der Waals surface area contributed by atoms with Crippen LogP contribution in [0, 0.1) is 6.92 Å². The highest BCUT2D eigenvalue weighted by atomic mass is 32.1. The zero-order chi connectivity index (χ0) is 21.3. The Balaban J connectivity index is 1.62. The average molecular weight is 443 g/mol. The molecule has 3 amide bonds. The number of anilines is 2. The highest BCUT2D eigenvalue weighted by molar-refractivity contribution is 7.13. The number of nitrogens with one attached hydrogen (secondary N) is 2. The van der Waals surface area contributed by atoms with Crippen molar-refractivity contribution in [3.63, 3.8) is 0 Å². The van der Waals surface area contributed by atoms with Gasteiger partial charge in [-0.2, -0.15) is 0 Å². The molecular weight excluding hydrogens is 420 g/mol. The zero-order valence-electron chi connectivity index (χ0n) is 16.5. The molecule has 0 aliphatic heterocycles. The molecule has 0 aliphatic rings. The summed E-state index contributed by atoms with van der Waals surface area (Å²) < 4.78 is 0. The third-order valence-electron chi connectivity index (χ3n) is 4.29. The molecule has 0 atom stereocenters.